The van der Waals surface area contributed by atoms with E-state index in [2.05, 4.69) is 17.1 Å². The fraction of sp³-hybridized carbons (Fsp3) is 0.533. The van der Waals surface area contributed by atoms with E-state index in [1.54, 1.807) is 12.1 Å². The van der Waals surface area contributed by atoms with E-state index < -0.39 is 4.92 Å². The predicted octanol–water partition coefficient (Wildman–Crippen LogP) is 2.61. The first-order valence-corrected chi connectivity index (χ1v) is 7.29. The molecule has 0 saturated carbocycles. The molecule has 0 atom stereocenters. The number of para-hydroxylation sites is 1. The van der Waals surface area contributed by atoms with Crippen LogP contribution in [0.3, 0.4) is 0 Å². The van der Waals surface area contributed by atoms with Gasteiger partial charge in [0.25, 0.3) is 0 Å². The van der Waals surface area contributed by atoms with Crippen molar-refractivity contribution < 1.29 is 4.92 Å². The Bertz CT molecular complexity index is 545. The molecule has 21 heavy (non-hydrogen) atoms. The average Bonchev–Trinajstić information content (AvgIpc) is 2.52. The Morgan fingerprint density at radius 1 is 1.48 bits per heavy atom. The van der Waals surface area contributed by atoms with Gasteiger partial charge in [-0.1, -0.05) is 13.0 Å². The number of nitrogens with zero attached hydrogens (tertiary/aromatic N) is 3. The van der Waals surface area contributed by atoms with Gasteiger partial charge in [-0.3, -0.25) is 10.1 Å². The summed E-state index contributed by atoms with van der Waals surface area (Å²) in [6.07, 6.45) is 2.21. The molecular formula is C15H20N4O2. The number of anilines is 1. The number of nitro groups is 1. The molecule has 1 aromatic carbocycles. The minimum absolute atomic E-state index is 0.103. The van der Waals surface area contributed by atoms with E-state index >= 15 is 0 Å². The van der Waals surface area contributed by atoms with Gasteiger partial charge in [-0.15, -0.1) is 0 Å². The van der Waals surface area contributed by atoms with Gasteiger partial charge in [0, 0.05) is 6.54 Å². The summed E-state index contributed by atoms with van der Waals surface area (Å²) >= 11 is 0. The zero-order valence-electron chi connectivity index (χ0n) is 12.2. The number of nitrogens with one attached hydrogen (secondary N) is 1. The molecular weight excluding hydrogens is 268 g/mol. The highest BCUT2D eigenvalue weighted by Crippen LogP contribution is 2.29. The standard InChI is InChI=1S/C15H20N4O2/c1-2-18-8-6-12(7-9-18)11-17-14-5-3-4-13(10-16)15(14)19(20)21/h3-5,12,17H,2,6-9,11H2,1H3. The Hall–Kier alpha value is -2.13. The quantitative estimate of drug-likeness (QED) is 0.665. The number of hydrogen-bond acceptors (Lipinski definition) is 5. The van der Waals surface area contributed by atoms with Crippen LogP contribution in [-0.2, 0) is 0 Å². The molecule has 6 nitrogen and oxygen atoms in total. The molecule has 0 aromatic heterocycles. The van der Waals surface area contributed by atoms with Gasteiger partial charge in [-0.05, 0) is 50.5 Å². The second-order valence-corrected chi connectivity index (χ2v) is 5.33. The number of likely N-dealkylation sites (tertiary alicyclic amines) is 1. The lowest BCUT2D eigenvalue weighted by molar-refractivity contribution is -0.384. The van der Waals surface area contributed by atoms with Gasteiger partial charge in [0.15, 0.2) is 0 Å². The summed E-state index contributed by atoms with van der Waals surface area (Å²) in [5, 5.41) is 23.3. The van der Waals surface area contributed by atoms with Gasteiger partial charge >= 0.3 is 5.69 Å². The van der Waals surface area contributed by atoms with Gasteiger partial charge in [0.05, 0.1) is 4.92 Å². The topological polar surface area (TPSA) is 82.2 Å². The number of nitro benzene ring substituents is 1. The molecule has 1 aliphatic heterocycles. The maximum Gasteiger partial charge on any atom is 0.309 e. The minimum atomic E-state index is -0.486. The highest BCUT2D eigenvalue weighted by atomic mass is 16.6. The maximum absolute atomic E-state index is 11.1. The lowest BCUT2D eigenvalue weighted by Gasteiger charge is -2.31. The Labute approximate surface area is 124 Å². The molecule has 0 radical (unpaired) electrons. The van der Waals surface area contributed by atoms with E-state index in [1.807, 2.05) is 6.07 Å². The second kappa shape index (κ2) is 7.04. The molecule has 0 spiro atoms. The van der Waals surface area contributed by atoms with Crippen molar-refractivity contribution in [2.45, 2.75) is 19.8 Å². The van der Waals surface area contributed by atoms with Crippen LogP contribution in [0.2, 0.25) is 0 Å². The van der Waals surface area contributed by atoms with Gasteiger partial charge in [0.1, 0.15) is 17.3 Å². The Morgan fingerprint density at radius 2 is 2.19 bits per heavy atom. The zero-order chi connectivity index (χ0) is 15.2. The highest BCUT2D eigenvalue weighted by molar-refractivity contribution is 5.68. The van der Waals surface area contributed by atoms with Crippen molar-refractivity contribution in [2.75, 3.05) is 31.5 Å². The van der Waals surface area contributed by atoms with Crippen molar-refractivity contribution in [1.82, 2.24) is 4.90 Å². The van der Waals surface area contributed by atoms with Gasteiger partial charge in [-0.25, -0.2) is 0 Å². The van der Waals surface area contributed by atoms with E-state index in [-0.39, 0.29) is 11.3 Å². The minimum Gasteiger partial charge on any atom is -0.379 e. The molecule has 1 saturated heterocycles. The smallest absolute Gasteiger partial charge is 0.309 e. The summed E-state index contributed by atoms with van der Waals surface area (Å²) in [6, 6.07) is 6.70. The molecule has 1 aliphatic rings. The van der Waals surface area contributed by atoms with Crippen LogP contribution in [-0.4, -0.2) is 36.0 Å². The molecule has 0 amide bonds. The summed E-state index contributed by atoms with van der Waals surface area (Å²) in [4.78, 5) is 13.1. The number of benzene rings is 1. The number of hydrogen-bond donors (Lipinski definition) is 1. The van der Waals surface area contributed by atoms with Crippen LogP contribution in [0.4, 0.5) is 11.4 Å². The van der Waals surface area contributed by atoms with Gasteiger partial charge in [-0.2, -0.15) is 5.26 Å². The normalized spacial score (nSPS) is 16.4. The van der Waals surface area contributed by atoms with E-state index in [9.17, 15) is 10.1 Å². The monoisotopic (exact) mass is 288 g/mol. The number of piperidine rings is 1. The lowest BCUT2D eigenvalue weighted by Crippen LogP contribution is -2.35. The molecule has 0 bridgehead atoms. The number of rotatable bonds is 5. The van der Waals surface area contributed by atoms with E-state index in [1.165, 1.54) is 6.07 Å². The molecule has 2 rings (SSSR count). The third-order valence-electron chi connectivity index (χ3n) is 4.07. The molecule has 6 heteroatoms. The summed E-state index contributed by atoms with van der Waals surface area (Å²) in [7, 11) is 0. The zero-order valence-corrected chi connectivity index (χ0v) is 12.2. The van der Waals surface area contributed by atoms with Crippen molar-refractivity contribution in [1.29, 1.82) is 5.26 Å². The molecule has 1 N–H and O–H groups in total. The van der Waals surface area contributed by atoms with Crippen LogP contribution < -0.4 is 5.32 Å². The summed E-state index contributed by atoms with van der Waals surface area (Å²) < 4.78 is 0. The first-order chi connectivity index (χ1) is 10.2. The van der Waals surface area contributed by atoms with Crippen molar-refractivity contribution >= 4 is 11.4 Å². The first-order valence-electron chi connectivity index (χ1n) is 7.29. The second-order valence-electron chi connectivity index (χ2n) is 5.33. The molecule has 1 fully saturated rings. The van der Waals surface area contributed by atoms with E-state index in [0.29, 0.717) is 18.2 Å². The summed E-state index contributed by atoms with van der Waals surface area (Å²) in [5.41, 5.74) is 0.425. The van der Waals surface area contributed by atoms with E-state index in [4.69, 9.17) is 5.26 Å². The summed E-state index contributed by atoms with van der Waals surface area (Å²) in [5.74, 6) is 0.526. The van der Waals surface area contributed by atoms with Crippen LogP contribution in [0.15, 0.2) is 18.2 Å². The van der Waals surface area contributed by atoms with E-state index in [0.717, 1.165) is 32.5 Å². The number of nitriles is 1. The summed E-state index contributed by atoms with van der Waals surface area (Å²) in [6.45, 7) is 6.13. The molecule has 0 unspecified atom stereocenters. The van der Waals surface area contributed by atoms with Crippen LogP contribution in [0.25, 0.3) is 0 Å². The van der Waals surface area contributed by atoms with Gasteiger partial charge < -0.3 is 10.2 Å². The third-order valence-corrected chi connectivity index (χ3v) is 4.07. The fourth-order valence-corrected chi connectivity index (χ4v) is 2.73. The SMILES string of the molecule is CCN1CCC(CNc2cccc(C#N)c2[N+](=O)[O-])CC1. The maximum atomic E-state index is 11.1. The van der Waals surface area contributed by atoms with Crippen molar-refractivity contribution in [2.24, 2.45) is 5.92 Å². The van der Waals surface area contributed by atoms with Crippen molar-refractivity contribution in [3.8, 4) is 6.07 Å². The molecule has 112 valence electrons. The molecule has 1 heterocycles. The highest BCUT2D eigenvalue weighted by Gasteiger charge is 2.22. The van der Waals surface area contributed by atoms with Crippen LogP contribution in [0.5, 0.6) is 0 Å². The molecule has 1 aromatic rings. The van der Waals surface area contributed by atoms with Crippen LogP contribution >= 0.6 is 0 Å². The predicted molar refractivity (Wildman–Crippen MR) is 81.1 cm³/mol. The van der Waals surface area contributed by atoms with Crippen LogP contribution in [0, 0.1) is 27.4 Å². The average molecular weight is 288 g/mol. The van der Waals surface area contributed by atoms with Crippen molar-refractivity contribution in [3.05, 3.63) is 33.9 Å². The van der Waals surface area contributed by atoms with Crippen LogP contribution in [0.1, 0.15) is 25.3 Å². The molecule has 0 aliphatic carbocycles. The Morgan fingerprint density at radius 3 is 2.76 bits per heavy atom. The Balaban J connectivity index is 2.01. The van der Waals surface area contributed by atoms with Gasteiger partial charge in [0.2, 0.25) is 0 Å². The van der Waals surface area contributed by atoms with Crippen molar-refractivity contribution in [3.63, 3.8) is 0 Å². The fourth-order valence-electron chi connectivity index (χ4n) is 2.73. The Kier molecular flexibility index (Phi) is 5.12. The largest absolute Gasteiger partial charge is 0.379 e. The lowest BCUT2D eigenvalue weighted by atomic mass is 9.96. The first kappa shape index (κ1) is 15.3. The third kappa shape index (κ3) is 3.70.